The zero-order valence-corrected chi connectivity index (χ0v) is 14.7. The second-order valence-corrected chi connectivity index (χ2v) is 7.05. The Morgan fingerprint density at radius 1 is 1.43 bits per heavy atom. The van der Waals surface area contributed by atoms with Crippen molar-refractivity contribution >= 4 is 27.8 Å². The number of hydrogen-bond donors (Lipinski definition) is 0. The summed E-state index contributed by atoms with van der Waals surface area (Å²) >= 11 is 3.48. The van der Waals surface area contributed by atoms with Crippen molar-refractivity contribution in [2.24, 2.45) is 5.41 Å². The van der Waals surface area contributed by atoms with Crippen LogP contribution < -0.4 is 4.74 Å². The Hall–Kier alpha value is -1.13. The SMILES string of the molecule is COc1ccc(/C=C2\CCC(C)(CN(C)C)C2=O)cc1Br. The van der Waals surface area contributed by atoms with Gasteiger partial charge in [0, 0.05) is 12.0 Å². The first-order chi connectivity index (χ1) is 9.85. The number of nitrogens with zero attached hydrogens (tertiary/aromatic N) is 1. The third-order valence-electron chi connectivity index (χ3n) is 3.97. The van der Waals surface area contributed by atoms with E-state index in [2.05, 4.69) is 27.8 Å². The standard InChI is InChI=1S/C17H22BrNO2/c1-17(11-19(2)3)8-7-13(16(17)20)9-12-5-6-15(21-4)14(18)10-12/h5-6,9-10H,7-8,11H2,1-4H3/b13-9+. The monoisotopic (exact) mass is 351 g/mol. The first-order valence-corrected chi connectivity index (χ1v) is 7.89. The van der Waals surface area contributed by atoms with Crippen LogP contribution in [-0.2, 0) is 4.79 Å². The molecule has 1 aromatic carbocycles. The zero-order chi connectivity index (χ0) is 15.6. The minimum Gasteiger partial charge on any atom is -0.496 e. The lowest BCUT2D eigenvalue weighted by molar-refractivity contribution is -0.122. The Morgan fingerprint density at radius 2 is 2.14 bits per heavy atom. The lowest BCUT2D eigenvalue weighted by Gasteiger charge is -2.25. The number of Topliss-reactive ketones (excluding diaryl/α,β-unsaturated/α-hetero) is 1. The number of allylic oxidation sites excluding steroid dienone is 1. The molecule has 1 aliphatic carbocycles. The highest BCUT2D eigenvalue weighted by Crippen LogP contribution is 2.39. The topological polar surface area (TPSA) is 29.5 Å². The summed E-state index contributed by atoms with van der Waals surface area (Å²) in [4.78, 5) is 14.7. The molecule has 1 saturated carbocycles. The van der Waals surface area contributed by atoms with E-state index >= 15 is 0 Å². The number of ether oxygens (including phenoxy) is 1. The molecule has 114 valence electrons. The van der Waals surface area contributed by atoms with Gasteiger partial charge in [-0.2, -0.15) is 0 Å². The van der Waals surface area contributed by atoms with Crippen molar-refractivity contribution in [1.82, 2.24) is 4.90 Å². The minimum absolute atomic E-state index is 0.251. The van der Waals surface area contributed by atoms with Crippen LogP contribution >= 0.6 is 15.9 Å². The van der Waals surface area contributed by atoms with Gasteiger partial charge in [-0.3, -0.25) is 4.79 Å². The molecule has 4 heteroatoms. The molecule has 0 heterocycles. The first kappa shape index (κ1) is 16.2. The fourth-order valence-electron chi connectivity index (χ4n) is 2.99. The van der Waals surface area contributed by atoms with Crippen LogP contribution in [0.4, 0.5) is 0 Å². The van der Waals surface area contributed by atoms with Crippen molar-refractivity contribution in [3.8, 4) is 5.75 Å². The second-order valence-electron chi connectivity index (χ2n) is 6.19. The summed E-state index contributed by atoms with van der Waals surface area (Å²) in [5, 5.41) is 0. The van der Waals surface area contributed by atoms with E-state index in [1.54, 1.807) is 7.11 Å². The molecule has 0 amide bonds. The van der Waals surface area contributed by atoms with Crippen LogP contribution in [0.5, 0.6) is 5.75 Å². The Kier molecular flexibility index (Phi) is 4.89. The van der Waals surface area contributed by atoms with E-state index in [1.165, 1.54) is 0 Å². The second kappa shape index (κ2) is 6.32. The minimum atomic E-state index is -0.251. The van der Waals surface area contributed by atoms with E-state index in [9.17, 15) is 4.79 Å². The van der Waals surface area contributed by atoms with Crippen molar-refractivity contribution < 1.29 is 9.53 Å². The smallest absolute Gasteiger partial charge is 0.166 e. The number of halogens is 1. The van der Waals surface area contributed by atoms with Gasteiger partial charge in [0.15, 0.2) is 5.78 Å². The molecule has 0 N–H and O–H groups in total. The molecule has 0 aliphatic heterocycles. The first-order valence-electron chi connectivity index (χ1n) is 7.09. The van der Waals surface area contributed by atoms with Gasteiger partial charge in [0.05, 0.1) is 11.6 Å². The number of rotatable bonds is 4. The maximum atomic E-state index is 12.6. The molecule has 0 bridgehead atoms. The Morgan fingerprint density at radius 3 is 2.71 bits per heavy atom. The van der Waals surface area contributed by atoms with Crippen molar-refractivity contribution in [1.29, 1.82) is 0 Å². The van der Waals surface area contributed by atoms with Gasteiger partial charge in [-0.05, 0) is 72.2 Å². The molecule has 0 spiro atoms. The van der Waals surface area contributed by atoms with Crippen LogP contribution in [0, 0.1) is 5.41 Å². The Labute approximate surface area is 135 Å². The summed E-state index contributed by atoms with van der Waals surface area (Å²) in [5.41, 5.74) is 1.70. The third kappa shape index (κ3) is 3.55. The fourth-order valence-corrected chi connectivity index (χ4v) is 3.54. The normalized spacial score (nSPS) is 24.1. The molecule has 1 aliphatic rings. The van der Waals surface area contributed by atoms with Crippen LogP contribution in [0.15, 0.2) is 28.2 Å². The fraction of sp³-hybridized carbons (Fsp3) is 0.471. The third-order valence-corrected chi connectivity index (χ3v) is 4.59. The van der Waals surface area contributed by atoms with Crippen molar-refractivity contribution in [2.45, 2.75) is 19.8 Å². The average molecular weight is 352 g/mol. The van der Waals surface area contributed by atoms with Crippen molar-refractivity contribution in [3.63, 3.8) is 0 Å². The highest BCUT2D eigenvalue weighted by molar-refractivity contribution is 9.10. The van der Waals surface area contributed by atoms with Crippen molar-refractivity contribution in [3.05, 3.63) is 33.8 Å². The van der Waals surface area contributed by atoms with E-state index in [4.69, 9.17) is 4.74 Å². The number of carbonyl (C=O) groups is 1. The lowest BCUT2D eigenvalue weighted by atomic mass is 9.86. The average Bonchev–Trinajstić information content (AvgIpc) is 2.66. The molecule has 2 rings (SSSR count). The molecule has 1 aromatic rings. The molecule has 1 unspecified atom stereocenters. The summed E-state index contributed by atoms with van der Waals surface area (Å²) in [6.07, 6.45) is 3.79. The molecule has 0 radical (unpaired) electrons. The Bertz CT molecular complexity index is 580. The van der Waals surface area contributed by atoms with Crippen molar-refractivity contribution in [2.75, 3.05) is 27.7 Å². The van der Waals surface area contributed by atoms with Crippen LogP contribution in [0.1, 0.15) is 25.3 Å². The maximum absolute atomic E-state index is 12.6. The summed E-state index contributed by atoms with van der Waals surface area (Å²) in [6, 6.07) is 5.88. The van der Waals surface area contributed by atoms with E-state index in [0.717, 1.165) is 40.7 Å². The summed E-state index contributed by atoms with van der Waals surface area (Å²) in [5.74, 6) is 1.08. The van der Waals surface area contributed by atoms with E-state index in [-0.39, 0.29) is 11.2 Å². The molecule has 1 fully saturated rings. The van der Waals surface area contributed by atoms with Crippen LogP contribution in [0.2, 0.25) is 0 Å². The zero-order valence-electron chi connectivity index (χ0n) is 13.1. The largest absolute Gasteiger partial charge is 0.496 e. The van der Waals surface area contributed by atoms with Crippen LogP contribution in [0.3, 0.4) is 0 Å². The van der Waals surface area contributed by atoms with Gasteiger partial charge < -0.3 is 9.64 Å². The van der Waals surface area contributed by atoms with Gasteiger partial charge in [-0.15, -0.1) is 0 Å². The number of hydrogen-bond acceptors (Lipinski definition) is 3. The quantitative estimate of drug-likeness (QED) is 0.773. The number of ketones is 1. The van der Waals surface area contributed by atoms with Gasteiger partial charge in [0.2, 0.25) is 0 Å². The maximum Gasteiger partial charge on any atom is 0.166 e. The molecule has 0 saturated heterocycles. The van der Waals surface area contributed by atoms with Gasteiger partial charge >= 0.3 is 0 Å². The van der Waals surface area contributed by atoms with Crippen LogP contribution in [-0.4, -0.2) is 38.4 Å². The van der Waals surface area contributed by atoms with E-state index in [1.807, 2.05) is 38.4 Å². The molecule has 0 aromatic heterocycles. The predicted molar refractivity (Wildman–Crippen MR) is 89.6 cm³/mol. The Balaban J connectivity index is 2.23. The highest BCUT2D eigenvalue weighted by Gasteiger charge is 2.40. The highest BCUT2D eigenvalue weighted by atomic mass is 79.9. The summed E-state index contributed by atoms with van der Waals surface area (Å²) in [6.45, 7) is 2.87. The summed E-state index contributed by atoms with van der Waals surface area (Å²) in [7, 11) is 5.67. The molecule has 3 nitrogen and oxygen atoms in total. The van der Waals surface area contributed by atoms with Gasteiger partial charge in [-0.25, -0.2) is 0 Å². The number of carbonyl (C=O) groups excluding carboxylic acids is 1. The van der Waals surface area contributed by atoms with Gasteiger partial charge in [-0.1, -0.05) is 13.0 Å². The molecule has 21 heavy (non-hydrogen) atoms. The molecular formula is C17H22BrNO2. The molecular weight excluding hydrogens is 330 g/mol. The van der Waals surface area contributed by atoms with Gasteiger partial charge in [0.1, 0.15) is 5.75 Å². The predicted octanol–water partition coefficient (Wildman–Crippen LogP) is 3.77. The van der Waals surface area contributed by atoms with E-state index < -0.39 is 0 Å². The number of methoxy groups -OCH3 is 1. The van der Waals surface area contributed by atoms with E-state index in [0.29, 0.717) is 0 Å². The summed E-state index contributed by atoms with van der Waals surface area (Å²) < 4.78 is 6.13. The molecule has 1 atom stereocenters. The lowest BCUT2D eigenvalue weighted by Crippen LogP contribution is -2.34. The van der Waals surface area contributed by atoms with Crippen LogP contribution in [0.25, 0.3) is 6.08 Å². The van der Waals surface area contributed by atoms with Gasteiger partial charge in [0.25, 0.3) is 0 Å². The number of benzene rings is 1.